The van der Waals surface area contributed by atoms with Gasteiger partial charge in [0.1, 0.15) is 10.8 Å². The van der Waals surface area contributed by atoms with Gasteiger partial charge in [0.05, 0.1) is 0 Å². The van der Waals surface area contributed by atoms with Gasteiger partial charge in [-0.2, -0.15) is 0 Å². The van der Waals surface area contributed by atoms with Crippen molar-refractivity contribution in [2.45, 2.75) is 6.92 Å². The molecule has 0 aromatic heterocycles. The third-order valence-corrected chi connectivity index (χ3v) is 3.13. The highest BCUT2D eigenvalue weighted by atomic mass is 32.1. The summed E-state index contributed by atoms with van der Waals surface area (Å²) >= 11 is 4.80. The molecule has 0 saturated heterocycles. The lowest BCUT2D eigenvalue weighted by molar-refractivity contribution is 0.625. The average molecular weight is 274 g/mol. The summed E-state index contributed by atoms with van der Waals surface area (Å²) in [5.41, 5.74) is 7.55. The van der Waals surface area contributed by atoms with E-state index in [1.165, 1.54) is 6.07 Å². The van der Waals surface area contributed by atoms with E-state index in [4.69, 9.17) is 18.0 Å². The Morgan fingerprint density at radius 1 is 1.16 bits per heavy atom. The minimum atomic E-state index is -0.389. The molecule has 19 heavy (non-hydrogen) atoms. The van der Waals surface area contributed by atoms with Crippen LogP contribution in [0.25, 0.3) is 0 Å². The molecule has 4 heteroatoms. The summed E-state index contributed by atoms with van der Waals surface area (Å²) in [4.78, 5) is 2.10. The number of nitrogens with zero attached hydrogens (tertiary/aromatic N) is 1. The van der Waals surface area contributed by atoms with E-state index in [9.17, 15) is 4.39 Å². The number of rotatable bonds is 4. The molecule has 2 N–H and O–H groups in total. The quantitative estimate of drug-likeness (QED) is 0.863. The van der Waals surface area contributed by atoms with E-state index in [-0.39, 0.29) is 16.4 Å². The molecule has 0 radical (unpaired) electrons. The predicted octanol–water partition coefficient (Wildman–Crippen LogP) is 3.62. The molecule has 98 valence electrons. The smallest absolute Gasteiger partial charge is 0.135 e. The Bertz CT molecular complexity index is 584. The van der Waals surface area contributed by atoms with Crippen molar-refractivity contribution in [1.29, 1.82) is 0 Å². The molecule has 0 aliphatic rings. The third-order valence-electron chi connectivity index (χ3n) is 2.91. The number of nitrogens with two attached hydrogens (primary N) is 1. The first-order valence-electron chi connectivity index (χ1n) is 6.05. The molecule has 2 nitrogen and oxygen atoms in total. The number of halogens is 1. The van der Waals surface area contributed by atoms with Gasteiger partial charge in [0.15, 0.2) is 0 Å². The van der Waals surface area contributed by atoms with E-state index >= 15 is 0 Å². The van der Waals surface area contributed by atoms with E-state index in [1.54, 1.807) is 6.07 Å². The number of hydrogen-bond acceptors (Lipinski definition) is 2. The highest BCUT2D eigenvalue weighted by Gasteiger charge is 2.11. The minimum Gasteiger partial charge on any atom is -0.389 e. The summed E-state index contributed by atoms with van der Waals surface area (Å²) in [7, 11) is 0. The second-order valence-corrected chi connectivity index (χ2v) is 4.55. The van der Waals surface area contributed by atoms with Crippen LogP contribution in [0.15, 0.2) is 48.5 Å². The van der Waals surface area contributed by atoms with Gasteiger partial charge >= 0.3 is 0 Å². The molecule has 0 unspecified atom stereocenters. The number of anilines is 2. The van der Waals surface area contributed by atoms with Crippen molar-refractivity contribution in [1.82, 2.24) is 0 Å². The van der Waals surface area contributed by atoms with Crippen molar-refractivity contribution in [3.63, 3.8) is 0 Å². The molecule has 2 aromatic carbocycles. The van der Waals surface area contributed by atoms with E-state index in [1.807, 2.05) is 48.2 Å². The maximum absolute atomic E-state index is 13.9. The van der Waals surface area contributed by atoms with Crippen LogP contribution in [0.4, 0.5) is 15.8 Å². The van der Waals surface area contributed by atoms with Crippen molar-refractivity contribution in [2.24, 2.45) is 5.73 Å². The molecule has 0 bridgehead atoms. The Kier molecular flexibility index (Phi) is 4.12. The maximum Gasteiger partial charge on any atom is 0.135 e. The largest absolute Gasteiger partial charge is 0.389 e. The molecule has 0 amide bonds. The lowest BCUT2D eigenvalue weighted by Crippen LogP contribution is -2.17. The second-order valence-electron chi connectivity index (χ2n) is 4.11. The van der Waals surface area contributed by atoms with Crippen LogP contribution in [0, 0.1) is 5.82 Å². The Labute approximate surface area is 117 Å². The van der Waals surface area contributed by atoms with Crippen LogP contribution in [-0.2, 0) is 0 Å². The lowest BCUT2D eigenvalue weighted by atomic mass is 10.1. The standard InChI is InChI=1S/C15H15FN2S/c1-2-18(11-6-4-3-5-7-11)12-8-9-13(15(17)19)14(16)10-12/h3-10H,2H2,1H3,(H2,17,19). The van der Waals surface area contributed by atoms with Crippen molar-refractivity contribution < 1.29 is 4.39 Å². The van der Waals surface area contributed by atoms with Crippen LogP contribution >= 0.6 is 12.2 Å². The van der Waals surface area contributed by atoms with Gasteiger partial charge in [-0.05, 0) is 37.3 Å². The first-order valence-corrected chi connectivity index (χ1v) is 6.46. The summed E-state index contributed by atoms with van der Waals surface area (Å²) in [5.74, 6) is -0.389. The number of benzene rings is 2. The van der Waals surface area contributed by atoms with Gasteiger partial charge in [-0.25, -0.2) is 4.39 Å². The van der Waals surface area contributed by atoms with Gasteiger partial charge in [-0.1, -0.05) is 30.4 Å². The second kappa shape index (κ2) is 5.80. The Hall–Kier alpha value is -1.94. The average Bonchev–Trinajstić information content (AvgIpc) is 2.40. The van der Waals surface area contributed by atoms with Crippen LogP contribution < -0.4 is 10.6 Å². The molecule has 2 rings (SSSR count). The van der Waals surface area contributed by atoms with Gasteiger partial charge in [0, 0.05) is 23.5 Å². The van der Waals surface area contributed by atoms with Crippen LogP contribution in [0.1, 0.15) is 12.5 Å². The zero-order valence-corrected chi connectivity index (χ0v) is 11.5. The third kappa shape index (κ3) is 2.90. The van der Waals surface area contributed by atoms with Crippen molar-refractivity contribution in [3.8, 4) is 0 Å². The molecule has 0 saturated carbocycles. The summed E-state index contributed by atoms with van der Waals surface area (Å²) in [5, 5.41) is 0. The van der Waals surface area contributed by atoms with E-state index in [0.717, 1.165) is 17.9 Å². The SMILES string of the molecule is CCN(c1ccccc1)c1ccc(C(N)=S)c(F)c1. The number of hydrogen-bond donors (Lipinski definition) is 1. The molecule has 0 spiro atoms. The molecular formula is C15H15FN2S. The number of para-hydroxylation sites is 1. The fourth-order valence-corrected chi connectivity index (χ4v) is 2.16. The van der Waals surface area contributed by atoms with E-state index in [0.29, 0.717) is 0 Å². The van der Waals surface area contributed by atoms with E-state index in [2.05, 4.69) is 0 Å². The van der Waals surface area contributed by atoms with Gasteiger partial charge in [-0.15, -0.1) is 0 Å². The Morgan fingerprint density at radius 3 is 2.37 bits per heavy atom. The molecule has 2 aromatic rings. The molecular weight excluding hydrogens is 259 g/mol. The van der Waals surface area contributed by atoms with Crippen LogP contribution in [0.2, 0.25) is 0 Å². The molecule has 0 heterocycles. The lowest BCUT2D eigenvalue weighted by Gasteiger charge is -2.23. The number of thiocarbonyl (C=S) groups is 1. The zero-order valence-electron chi connectivity index (χ0n) is 10.6. The highest BCUT2D eigenvalue weighted by Crippen LogP contribution is 2.26. The molecule has 0 aliphatic carbocycles. The fourth-order valence-electron chi connectivity index (χ4n) is 1.99. The Morgan fingerprint density at radius 2 is 1.84 bits per heavy atom. The van der Waals surface area contributed by atoms with Crippen molar-refractivity contribution in [3.05, 3.63) is 59.9 Å². The summed E-state index contributed by atoms with van der Waals surface area (Å²) in [6.45, 7) is 2.77. The molecule has 0 fully saturated rings. The predicted molar refractivity (Wildman–Crippen MR) is 81.4 cm³/mol. The van der Waals surface area contributed by atoms with Crippen LogP contribution in [0.3, 0.4) is 0 Å². The van der Waals surface area contributed by atoms with Gasteiger partial charge in [-0.3, -0.25) is 0 Å². The maximum atomic E-state index is 13.9. The molecule has 0 aliphatic heterocycles. The normalized spacial score (nSPS) is 10.2. The van der Waals surface area contributed by atoms with Gasteiger partial charge in [0.2, 0.25) is 0 Å². The summed E-state index contributed by atoms with van der Waals surface area (Å²) in [6.07, 6.45) is 0. The minimum absolute atomic E-state index is 0.0757. The van der Waals surface area contributed by atoms with Gasteiger partial charge in [0.25, 0.3) is 0 Å². The first kappa shape index (κ1) is 13.5. The first-order chi connectivity index (χ1) is 9.13. The highest BCUT2D eigenvalue weighted by molar-refractivity contribution is 7.80. The van der Waals surface area contributed by atoms with Crippen molar-refractivity contribution >= 4 is 28.6 Å². The van der Waals surface area contributed by atoms with E-state index < -0.39 is 0 Å². The topological polar surface area (TPSA) is 29.3 Å². The summed E-state index contributed by atoms with van der Waals surface area (Å²) in [6, 6.07) is 14.8. The Balaban J connectivity index is 2.40. The van der Waals surface area contributed by atoms with Crippen LogP contribution in [0.5, 0.6) is 0 Å². The zero-order chi connectivity index (χ0) is 13.8. The fraction of sp³-hybridized carbons (Fsp3) is 0.133. The van der Waals surface area contributed by atoms with Crippen molar-refractivity contribution in [2.75, 3.05) is 11.4 Å². The van der Waals surface area contributed by atoms with Gasteiger partial charge < -0.3 is 10.6 Å². The summed E-state index contributed by atoms with van der Waals surface area (Å²) < 4.78 is 13.9. The molecule has 0 atom stereocenters. The van der Waals surface area contributed by atoms with Crippen LogP contribution in [-0.4, -0.2) is 11.5 Å². The monoisotopic (exact) mass is 274 g/mol.